The summed E-state index contributed by atoms with van der Waals surface area (Å²) in [7, 11) is 1.71. The van der Waals surface area contributed by atoms with Crippen LogP contribution in [0.2, 0.25) is 5.02 Å². The molecule has 1 atom stereocenters. The maximum absolute atomic E-state index is 6.31. The SMILES string of the molecule is CCCOCCC(CNCCOC)c1ccccc1Cl. The Kier molecular flexibility index (Phi) is 9.67. The number of nitrogens with one attached hydrogen (secondary N) is 1. The Balaban J connectivity index is 2.52. The largest absolute Gasteiger partial charge is 0.383 e. The van der Waals surface area contributed by atoms with E-state index >= 15 is 0 Å². The molecule has 0 aliphatic heterocycles. The van der Waals surface area contributed by atoms with Crippen molar-refractivity contribution in [3.8, 4) is 0 Å². The minimum Gasteiger partial charge on any atom is -0.383 e. The van der Waals surface area contributed by atoms with E-state index in [2.05, 4.69) is 18.3 Å². The third kappa shape index (κ3) is 6.71. The zero-order chi connectivity index (χ0) is 14.6. The molecule has 114 valence electrons. The highest BCUT2D eigenvalue weighted by atomic mass is 35.5. The molecule has 0 spiro atoms. The van der Waals surface area contributed by atoms with Crippen LogP contribution >= 0.6 is 11.6 Å². The number of rotatable bonds is 11. The van der Waals surface area contributed by atoms with Gasteiger partial charge in [-0.2, -0.15) is 0 Å². The van der Waals surface area contributed by atoms with Gasteiger partial charge in [0, 0.05) is 38.4 Å². The van der Waals surface area contributed by atoms with Crippen LogP contribution < -0.4 is 5.32 Å². The molecule has 0 heterocycles. The van der Waals surface area contributed by atoms with Gasteiger partial charge in [0.2, 0.25) is 0 Å². The molecule has 20 heavy (non-hydrogen) atoms. The highest BCUT2D eigenvalue weighted by Gasteiger charge is 2.14. The molecule has 1 aromatic carbocycles. The maximum atomic E-state index is 6.31. The molecule has 3 nitrogen and oxygen atoms in total. The van der Waals surface area contributed by atoms with E-state index in [1.807, 2.05) is 18.2 Å². The van der Waals surface area contributed by atoms with E-state index in [0.29, 0.717) is 5.92 Å². The molecule has 0 aromatic heterocycles. The number of benzene rings is 1. The van der Waals surface area contributed by atoms with Gasteiger partial charge in [-0.1, -0.05) is 36.7 Å². The first kappa shape index (κ1) is 17.4. The van der Waals surface area contributed by atoms with Crippen molar-refractivity contribution < 1.29 is 9.47 Å². The first-order valence-corrected chi connectivity index (χ1v) is 7.69. The van der Waals surface area contributed by atoms with Crippen LogP contribution in [0.1, 0.15) is 31.2 Å². The predicted molar refractivity (Wildman–Crippen MR) is 84.7 cm³/mol. The van der Waals surface area contributed by atoms with E-state index in [0.717, 1.165) is 50.8 Å². The summed E-state index contributed by atoms with van der Waals surface area (Å²) >= 11 is 6.31. The first-order chi connectivity index (χ1) is 9.79. The summed E-state index contributed by atoms with van der Waals surface area (Å²) in [5.74, 6) is 0.373. The predicted octanol–water partition coefficient (Wildman–Crippen LogP) is 3.48. The van der Waals surface area contributed by atoms with E-state index in [-0.39, 0.29) is 0 Å². The molecule has 0 saturated heterocycles. The van der Waals surface area contributed by atoms with Gasteiger partial charge in [-0.3, -0.25) is 0 Å². The Hall–Kier alpha value is -0.610. The van der Waals surface area contributed by atoms with Gasteiger partial charge in [0.05, 0.1) is 6.61 Å². The highest BCUT2D eigenvalue weighted by molar-refractivity contribution is 6.31. The van der Waals surface area contributed by atoms with Crippen LogP contribution in [0.25, 0.3) is 0 Å². The topological polar surface area (TPSA) is 30.5 Å². The number of halogens is 1. The van der Waals surface area contributed by atoms with E-state index in [9.17, 15) is 0 Å². The van der Waals surface area contributed by atoms with Crippen LogP contribution in [0.5, 0.6) is 0 Å². The third-order valence-corrected chi connectivity index (χ3v) is 3.52. The summed E-state index contributed by atoms with van der Waals surface area (Å²) in [6.45, 7) is 6.19. The molecule has 1 N–H and O–H groups in total. The molecular weight excluding hydrogens is 274 g/mol. The van der Waals surface area contributed by atoms with Gasteiger partial charge in [0.25, 0.3) is 0 Å². The lowest BCUT2D eigenvalue weighted by atomic mass is 9.96. The van der Waals surface area contributed by atoms with Gasteiger partial charge in [-0.15, -0.1) is 0 Å². The second kappa shape index (κ2) is 11.1. The van der Waals surface area contributed by atoms with Crippen molar-refractivity contribution in [2.45, 2.75) is 25.7 Å². The minimum absolute atomic E-state index is 0.373. The molecule has 0 radical (unpaired) electrons. The molecule has 0 saturated carbocycles. The van der Waals surface area contributed by atoms with Gasteiger partial charge in [0.15, 0.2) is 0 Å². The fourth-order valence-corrected chi connectivity index (χ4v) is 2.39. The zero-order valence-corrected chi connectivity index (χ0v) is 13.3. The van der Waals surface area contributed by atoms with Crippen LogP contribution in [0.4, 0.5) is 0 Å². The fraction of sp³-hybridized carbons (Fsp3) is 0.625. The van der Waals surface area contributed by atoms with Crippen molar-refractivity contribution in [2.24, 2.45) is 0 Å². The highest BCUT2D eigenvalue weighted by Crippen LogP contribution is 2.26. The summed E-state index contributed by atoms with van der Waals surface area (Å²) < 4.78 is 10.7. The lowest BCUT2D eigenvalue weighted by Crippen LogP contribution is -2.26. The van der Waals surface area contributed by atoms with E-state index < -0.39 is 0 Å². The molecule has 0 fully saturated rings. The minimum atomic E-state index is 0.373. The van der Waals surface area contributed by atoms with E-state index in [1.165, 1.54) is 5.56 Å². The standard InChI is InChI=1S/C16H26ClNO2/c1-3-10-20-11-8-14(13-18-9-12-19-2)15-6-4-5-7-16(15)17/h4-7,14,18H,3,8-13H2,1-2H3. The van der Waals surface area contributed by atoms with Gasteiger partial charge >= 0.3 is 0 Å². The Morgan fingerprint density at radius 3 is 2.70 bits per heavy atom. The second-order valence-corrected chi connectivity index (χ2v) is 5.22. The molecule has 1 aromatic rings. The van der Waals surface area contributed by atoms with Crippen LogP contribution in [-0.2, 0) is 9.47 Å². The van der Waals surface area contributed by atoms with Crippen molar-refractivity contribution in [1.29, 1.82) is 0 Å². The fourth-order valence-electron chi connectivity index (χ4n) is 2.10. The Morgan fingerprint density at radius 2 is 2.00 bits per heavy atom. The van der Waals surface area contributed by atoms with E-state index in [4.69, 9.17) is 21.1 Å². The number of methoxy groups -OCH3 is 1. The molecule has 0 bridgehead atoms. The van der Waals surface area contributed by atoms with Crippen LogP contribution in [-0.4, -0.2) is 40.0 Å². The van der Waals surface area contributed by atoms with Gasteiger partial charge < -0.3 is 14.8 Å². The number of ether oxygens (including phenoxy) is 2. The quantitative estimate of drug-likeness (QED) is 0.635. The van der Waals surface area contributed by atoms with Crippen molar-refractivity contribution in [2.75, 3.05) is 40.0 Å². The molecule has 4 heteroatoms. The van der Waals surface area contributed by atoms with Crippen LogP contribution in [0.3, 0.4) is 0 Å². The average molecular weight is 300 g/mol. The van der Waals surface area contributed by atoms with Crippen molar-refractivity contribution in [3.05, 3.63) is 34.9 Å². The molecule has 0 aliphatic carbocycles. The smallest absolute Gasteiger partial charge is 0.0587 e. The molecule has 0 aliphatic rings. The Labute approximate surface area is 127 Å². The summed E-state index contributed by atoms with van der Waals surface area (Å²) in [5.41, 5.74) is 1.19. The summed E-state index contributed by atoms with van der Waals surface area (Å²) in [6, 6.07) is 8.06. The molecule has 1 unspecified atom stereocenters. The lowest BCUT2D eigenvalue weighted by Gasteiger charge is -2.19. The lowest BCUT2D eigenvalue weighted by molar-refractivity contribution is 0.127. The molecule has 0 amide bonds. The molecular formula is C16H26ClNO2. The Morgan fingerprint density at radius 1 is 1.20 bits per heavy atom. The van der Waals surface area contributed by atoms with Gasteiger partial charge in [-0.25, -0.2) is 0 Å². The van der Waals surface area contributed by atoms with E-state index in [1.54, 1.807) is 7.11 Å². The van der Waals surface area contributed by atoms with Gasteiger partial charge in [0.1, 0.15) is 0 Å². The van der Waals surface area contributed by atoms with Gasteiger partial charge in [-0.05, 0) is 30.4 Å². The first-order valence-electron chi connectivity index (χ1n) is 7.31. The Bertz CT molecular complexity index is 348. The van der Waals surface area contributed by atoms with Crippen LogP contribution in [0, 0.1) is 0 Å². The van der Waals surface area contributed by atoms with Crippen molar-refractivity contribution in [3.63, 3.8) is 0 Å². The summed E-state index contributed by atoms with van der Waals surface area (Å²) in [6.07, 6.45) is 2.03. The third-order valence-electron chi connectivity index (χ3n) is 3.18. The number of hydrogen-bond donors (Lipinski definition) is 1. The van der Waals surface area contributed by atoms with Crippen LogP contribution in [0.15, 0.2) is 24.3 Å². The second-order valence-electron chi connectivity index (χ2n) is 4.82. The molecule has 1 rings (SSSR count). The monoisotopic (exact) mass is 299 g/mol. The average Bonchev–Trinajstić information content (AvgIpc) is 2.46. The number of hydrogen-bond acceptors (Lipinski definition) is 3. The normalized spacial score (nSPS) is 12.6. The maximum Gasteiger partial charge on any atom is 0.0587 e. The summed E-state index contributed by atoms with van der Waals surface area (Å²) in [5, 5.41) is 4.25. The van der Waals surface area contributed by atoms with Crippen molar-refractivity contribution >= 4 is 11.6 Å². The summed E-state index contributed by atoms with van der Waals surface area (Å²) in [4.78, 5) is 0. The zero-order valence-electron chi connectivity index (χ0n) is 12.5. The van der Waals surface area contributed by atoms with Crippen molar-refractivity contribution in [1.82, 2.24) is 5.32 Å².